The van der Waals surface area contributed by atoms with E-state index < -0.39 is 0 Å². The highest BCUT2D eigenvalue weighted by Gasteiger charge is 2.32. The highest BCUT2D eigenvalue weighted by atomic mass is 32.2. The first-order valence-electron chi connectivity index (χ1n) is 11.3. The summed E-state index contributed by atoms with van der Waals surface area (Å²) in [7, 11) is 0. The van der Waals surface area contributed by atoms with Gasteiger partial charge in [-0.05, 0) is 47.9 Å². The Morgan fingerprint density at radius 3 is 2.50 bits per heavy atom. The molecule has 1 aliphatic heterocycles. The van der Waals surface area contributed by atoms with Gasteiger partial charge in [0.2, 0.25) is 0 Å². The molecule has 180 valence electrons. The van der Waals surface area contributed by atoms with Crippen LogP contribution in [-0.4, -0.2) is 31.1 Å². The van der Waals surface area contributed by atoms with Gasteiger partial charge in [-0.25, -0.2) is 9.37 Å². The van der Waals surface area contributed by atoms with Crippen molar-refractivity contribution in [1.29, 1.82) is 0 Å². The normalized spacial score (nSPS) is 14.7. The quantitative estimate of drug-likeness (QED) is 0.279. The number of amides is 1. The van der Waals surface area contributed by atoms with Gasteiger partial charge in [0.1, 0.15) is 21.6 Å². The van der Waals surface area contributed by atoms with E-state index in [4.69, 9.17) is 12.2 Å². The summed E-state index contributed by atoms with van der Waals surface area (Å²) in [5, 5.41) is 3.28. The second-order valence-electron chi connectivity index (χ2n) is 8.16. The number of benzene rings is 2. The van der Waals surface area contributed by atoms with Crippen LogP contribution in [0.3, 0.4) is 0 Å². The molecule has 1 amide bonds. The number of hydrogen-bond acceptors (Lipinski definition) is 6. The van der Waals surface area contributed by atoms with Crippen molar-refractivity contribution in [2.75, 3.05) is 11.9 Å². The van der Waals surface area contributed by atoms with Gasteiger partial charge >= 0.3 is 0 Å². The average Bonchev–Trinajstić information content (AvgIpc) is 3.15. The molecule has 3 heterocycles. The van der Waals surface area contributed by atoms with Crippen LogP contribution in [-0.2, 0) is 17.8 Å². The number of halogens is 1. The minimum atomic E-state index is -0.347. The molecule has 5 rings (SSSR count). The van der Waals surface area contributed by atoms with Crippen molar-refractivity contribution in [3.05, 3.63) is 117 Å². The Morgan fingerprint density at radius 1 is 0.972 bits per heavy atom. The van der Waals surface area contributed by atoms with Crippen molar-refractivity contribution < 1.29 is 9.18 Å². The van der Waals surface area contributed by atoms with E-state index >= 15 is 0 Å². The van der Waals surface area contributed by atoms with E-state index in [0.29, 0.717) is 27.2 Å². The number of carbonyl (C=O) groups excluding carboxylic acids is 1. The maximum absolute atomic E-state index is 13.4. The van der Waals surface area contributed by atoms with Crippen LogP contribution in [0.15, 0.2) is 88.7 Å². The van der Waals surface area contributed by atoms with Crippen molar-refractivity contribution in [3.8, 4) is 0 Å². The molecule has 0 spiro atoms. The first kappa shape index (κ1) is 23.9. The molecule has 1 N–H and O–H groups in total. The third-order valence-electron chi connectivity index (χ3n) is 5.72. The summed E-state index contributed by atoms with van der Waals surface area (Å²) >= 11 is 6.57. The van der Waals surface area contributed by atoms with Crippen molar-refractivity contribution in [3.63, 3.8) is 0 Å². The summed E-state index contributed by atoms with van der Waals surface area (Å²) in [4.78, 5) is 33.0. The second-order valence-corrected chi connectivity index (χ2v) is 9.84. The van der Waals surface area contributed by atoms with Crippen LogP contribution in [0.25, 0.3) is 11.7 Å². The molecule has 36 heavy (non-hydrogen) atoms. The maximum atomic E-state index is 13.4. The fourth-order valence-corrected chi connectivity index (χ4v) is 5.11. The summed E-state index contributed by atoms with van der Waals surface area (Å²) in [6, 6.07) is 21.3. The summed E-state index contributed by atoms with van der Waals surface area (Å²) in [6.45, 7) is 0.783. The van der Waals surface area contributed by atoms with Gasteiger partial charge in [-0.15, -0.1) is 0 Å². The summed E-state index contributed by atoms with van der Waals surface area (Å²) in [5.74, 6) is -0.242. The standard InChI is InChI=1S/C27H21FN4O2S2/c28-20-11-9-19(10-12-20)17-32-26(34)22(36-27(32)35)16-21-24(29-14-13-18-6-2-1-3-7-18)30-23-8-4-5-15-31(23)25(21)33/h1-12,15-16,29H,13-14,17H2. The Balaban J connectivity index is 1.45. The number of pyridine rings is 1. The second kappa shape index (κ2) is 10.4. The Kier molecular flexibility index (Phi) is 6.92. The lowest BCUT2D eigenvalue weighted by molar-refractivity contribution is -0.122. The molecule has 0 saturated carbocycles. The van der Waals surface area contributed by atoms with Crippen LogP contribution in [0, 0.1) is 5.82 Å². The lowest BCUT2D eigenvalue weighted by Crippen LogP contribution is -2.27. The molecule has 0 aliphatic carbocycles. The Bertz CT molecular complexity index is 1540. The number of carbonyl (C=O) groups is 1. The number of nitrogens with zero attached hydrogens (tertiary/aromatic N) is 3. The zero-order valence-electron chi connectivity index (χ0n) is 19.1. The van der Waals surface area contributed by atoms with Crippen molar-refractivity contribution in [1.82, 2.24) is 14.3 Å². The monoisotopic (exact) mass is 516 g/mol. The number of rotatable bonds is 7. The zero-order chi connectivity index (χ0) is 25.1. The van der Waals surface area contributed by atoms with Gasteiger partial charge in [0.15, 0.2) is 0 Å². The molecule has 0 radical (unpaired) electrons. The SMILES string of the molecule is O=C1C(=Cc2c(NCCc3ccccc3)nc3ccccn3c2=O)SC(=S)N1Cc1ccc(F)cc1. The highest BCUT2D eigenvalue weighted by molar-refractivity contribution is 8.26. The zero-order valence-corrected chi connectivity index (χ0v) is 20.7. The smallest absolute Gasteiger partial charge is 0.267 e. The molecule has 4 aromatic rings. The minimum Gasteiger partial charge on any atom is -0.369 e. The molecule has 9 heteroatoms. The number of aromatic nitrogens is 2. The molecule has 2 aromatic carbocycles. The van der Waals surface area contributed by atoms with E-state index in [9.17, 15) is 14.0 Å². The molecule has 0 bridgehead atoms. The van der Waals surface area contributed by atoms with Gasteiger partial charge in [-0.3, -0.25) is 18.9 Å². The lowest BCUT2D eigenvalue weighted by Gasteiger charge is -2.14. The maximum Gasteiger partial charge on any atom is 0.267 e. The third kappa shape index (κ3) is 5.07. The molecule has 0 unspecified atom stereocenters. The first-order valence-corrected chi connectivity index (χ1v) is 12.5. The number of nitrogens with one attached hydrogen (secondary N) is 1. The molecule has 1 fully saturated rings. The van der Waals surface area contributed by atoms with Crippen LogP contribution >= 0.6 is 24.0 Å². The van der Waals surface area contributed by atoms with Crippen LogP contribution in [0.4, 0.5) is 10.2 Å². The van der Waals surface area contributed by atoms with Gasteiger partial charge < -0.3 is 5.32 Å². The lowest BCUT2D eigenvalue weighted by atomic mass is 10.1. The fourth-order valence-electron chi connectivity index (χ4n) is 3.88. The van der Waals surface area contributed by atoms with E-state index in [1.165, 1.54) is 21.4 Å². The van der Waals surface area contributed by atoms with E-state index in [-0.39, 0.29) is 29.4 Å². The summed E-state index contributed by atoms with van der Waals surface area (Å²) < 4.78 is 15.1. The predicted molar refractivity (Wildman–Crippen MR) is 145 cm³/mol. The van der Waals surface area contributed by atoms with Crippen LogP contribution in [0.1, 0.15) is 16.7 Å². The highest BCUT2D eigenvalue weighted by Crippen LogP contribution is 2.34. The third-order valence-corrected chi connectivity index (χ3v) is 7.10. The number of fused-ring (bicyclic) bond motifs is 1. The molecular weight excluding hydrogens is 495 g/mol. The first-order chi connectivity index (χ1) is 17.5. The molecule has 2 aromatic heterocycles. The number of anilines is 1. The summed E-state index contributed by atoms with van der Waals surface area (Å²) in [6.07, 6.45) is 3.95. The van der Waals surface area contributed by atoms with Crippen molar-refractivity contribution in [2.24, 2.45) is 0 Å². The number of thioether (sulfide) groups is 1. The average molecular weight is 517 g/mol. The van der Waals surface area contributed by atoms with Crippen LogP contribution in [0.5, 0.6) is 0 Å². The molecule has 0 atom stereocenters. The fraction of sp³-hybridized carbons (Fsp3) is 0.111. The predicted octanol–water partition coefficient (Wildman–Crippen LogP) is 4.89. The number of hydrogen-bond donors (Lipinski definition) is 1. The van der Waals surface area contributed by atoms with Gasteiger partial charge in [0, 0.05) is 12.7 Å². The van der Waals surface area contributed by atoms with E-state index in [1.807, 2.05) is 36.4 Å². The van der Waals surface area contributed by atoms with E-state index in [1.54, 1.807) is 36.5 Å². The van der Waals surface area contributed by atoms with E-state index in [2.05, 4.69) is 10.3 Å². The topological polar surface area (TPSA) is 66.7 Å². The van der Waals surface area contributed by atoms with Crippen LogP contribution < -0.4 is 10.9 Å². The molecule has 1 aliphatic rings. The number of thiocarbonyl (C=S) groups is 1. The van der Waals surface area contributed by atoms with Crippen LogP contribution in [0.2, 0.25) is 0 Å². The largest absolute Gasteiger partial charge is 0.369 e. The van der Waals surface area contributed by atoms with Gasteiger partial charge in [-0.2, -0.15) is 0 Å². The molecular formula is C27H21FN4O2S2. The molecule has 6 nitrogen and oxygen atoms in total. The van der Waals surface area contributed by atoms with Crippen molar-refractivity contribution in [2.45, 2.75) is 13.0 Å². The van der Waals surface area contributed by atoms with Crippen molar-refractivity contribution >= 4 is 51.7 Å². The Hall–Kier alpha value is -3.82. The Labute approximate surface area is 216 Å². The minimum absolute atomic E-state index is 0.222. The Morgan fingerprint density at radius 2 is 1.72 bits per heavy atom. The summed E-state index contributed by atoms with van der Waals surface area (Å²) in [5.41, 5.74) is 2.42. The van der Waals surface area contributed by atoms with Gasteiger partial charge in [-0.1, -0.05) is 72.5 Å². The molecule has 1 saturated heterocycles. The van der Waals surface area contributed by atoms with Gasteiger partial charge in [0.05, 0.1) is 17.0 Å². The van der Waals surface area contributed by atoms with Gasteiger partial charge in [0.25, 0.3) is 11.5 Å². The van der Waals surface area contributed by atoms with E-state index in [0.717, 1.165) is 29.3 Å².